The second-order valence-corrected chi connectivity index (χ2v) is 6.51. The Bertz CT molecular complexity index is 608. The largest absolute Gasteiger partial charge is 0.448 e. The van der Waals surface area contributed by atoms with Crippen molar-refractivity contribution in [2.24, 2.45) is 5.92 Å². The van der Waals surface area contributed by atoms with Gasteiger partial charge < -0.3 is 9.64 Å². The standard InChI is InChI=1S/C18H23FN2O3/c19-16-6-2-1-5-15(16)8-7-14-4-3-9-20(12-14)17(22)13-21-10-11-24-18(21)23/h1-2,5-6,14H,3-4,7-13H2/t14-/m1/s1. The highest BCUT2D eigenvalue weighted by molar-refractivity contribution is 5.83. The van der Waals surface area contributed by atoms with E-state index in [1.807, 2.05) is 17.0 Å². The van der Waals surface area contributed by atoms with Crippen molar-refractivity contribution in [3.63, 3.8) is 0 Å². The quantitative estimate of drug-likeness (QED) is 0.831. The lowest BCUT2D eigenvalue weighted by Crippen LogP contribution is -2.45. The van der Waals surface area contributed by atoms with Crippen LogP contribution < -0.4 is 0 Å². The van der Waals surface area contributed by atoms with Crippen molar-refractivity contribution < 1.29 is 18.7 Å². The summed E-state index contributed by atoms with van der Waals surface area (Å²) < 4.78 is 18.6. The fraction of sp³-hybridized carbons (Fsp3) is 0.556. The van der Waals surface area contributed by atoms with Crippen LogP contribution in [0.3, 0.4) is 0 Å². The van der Waals surface area contributed by atoms with Gasteiger partial charge in [-0.25, -0.2) is 9.18 Å². The zero-order valence-electron chi connectivity index (χ0n) is 13.7. The van der Waals surface area contributed by atoms with Gasteiger partial charge in [-0.3, -0.25) is 9.69 Å². The number of aryl methyl sites for hydroxylation is 1. The zero-order chi connectivity index (χ0) is 16.9. The molecule has 0 saturated carbocycles. The average molecular weight is 334 g/mol. The van der Waals surface area contributed by atoms with E-state index in [0.717, 1.165) is 31.4 Å². The molecule has 0 N–H and O–H groups in total. The van der Waals surface area contributed by atoms with E-state index in [9.17, 15) is 14.0 Å². The molecule has 2 aliphatic heterocycles. The summed E-state index contributed by atoms with van der Waals surface area (Å²) in [5.41, 5.74) is 0.737. The lowest BCUT2D eigenvalue weighted by Gasteiger charge is -2.33. The first-order valence-electron chi connectivity index (χ1n) is 8.56. The highest BCUT2D eigenvalue weighted by Crippen LogP contribution is 2.22. The number of hydrogen-bond acceptors (Lipinski definition) is 3. The van der Waals surface area contributed by atoms with Crippen molar-refractivity contribution in [2.45, 2.75) is 25.7 Å². The Hall–Kier alpha value is -2.11. The summed E-state index contributed by atoms with van der Waals surface area (Å²) in [7, 11) is 0. The van der Waals surface area contributed by atoms with Crippen LogP contribution in [0.4, 0.5) is 9.18 Å². The Morgan fingerprint density at radius 3 is 2.88 bits per heavy atom. The molecule has 2 saturated heterocycles. The van der Waals surface area contributed by atoms with Crippen LogP contribution in [0.2, 0.25) is 0 Å². The van der Waals surface area contributed by atoms with E-state index in [-0.39, 0.29) is 18.3 Å². The third-order valence-electron chi connectivity index (χ3n) is 4.82. The molecule has 0 aromatic heterocycles. The highest BCUT2D eigenvalue weighted by Gasteiger charge is 2.29. The predicted molar refractivity (Wildman–Crippen MR) is 86.9 cm³/mol. The van der Waals surface area contributed by atoms with Crippen LogP contribution in [-0.4, -0.2) is 54.6 Å². The first kappa shape index (κ1) is 16.7. The molecule has 0 spiro atoms. The maximum atomic E-state index is 13.7. The van der Waals surface area contributed by atoms with Crippen molar-refractivity contribution in [1.82, 2.24) is 9.80 Å². The highest BCUT2D eigenvalue weighted by atomic mass is 19.1. The number of carbonyl (C=O) groups excluding carboxylic acids is 2. The smallest absolute Gasteiger partial charge is 0.410 e. The summed E-state index contributed by atoms with van der Waals surface area (Å²) >= 11 is 0. The molecule has 1 aromatic carbocycles. The van der Waals surface area contributed by atoms with E-state index < -0.39 is 6.09 Å². The first-order chi connectivity index (χ1) is 11.6. The minimum atomic E-state index is -0.406. The Morgan fingerprint density at radius 1 is 1.29 bits per heavy atom. The molecule has 0 aliphatic carbocycles. The first-order valence-corrected chi connectivity index (χ1v) is 8.56. The van der Waals surface area contributed by atoms with Gasteiger partial charge in [-0.2, -0.15) is 0 Å². The molecule has 2 amide bonds. The lowest BCUT2D eigenvalue weighted by atomic mass is 9.91. The normalized spacial score (nSPS) is 21.0. The second-order valence-electron chi connectivity index (χ2n) is 6.51. The molecule has 5 nitrogen and oxygen atoms in total. The van der Waals surface area contributed by atoms with Gasteiger partial charge in [0.05, 0.1) is 6.54 Å². The van der Waals surface area contributed by atoms with Gasteiger partial charge in [-0.15, -0.1) is 0 Å². The molecule has 24 heavy (non-hydrogen) atoms. The molecule has 1 atom stereocenters. The number of likely N-dealkylation sites (tertiary alicyclic amines) is 1. The lowest BCUT2D eigenvalue weighted by molar-refractivity contribution is -0.133. The van der Waals surface area contributed by atoms with E-state index in [4.69, 9.17) is 4.74 Å². The number of hydrogen-bond donors (Lipinski definition) is 0. The van der Waals surface area contributed by atoms with Gasteiger partial charge >= 0.3 is 6.09 Å². The summed E-state index contributed by atoms with van der Waals surface area (Å²) in [5, 5.41) is 0. The fourth-order valence-corrected chi connectivity index (χ4v) is 3.42. The van der Waals surface area contributed by atoms with Crippen LogP contribution in [0.15, 0.2) is 24.3 Å². The molecule has 2 fully saturated rings. The molecule has 3 rings (SSSR count). The third kappa shape index (κ3) is 4.04. The van der Waals surface area contributed by atoms with Crippen LogP contribution in [0.5, 0.6) is 0 Å². The van der Waals surface area contributed by atoms with Crippen molar-refractivity contribution in [2.75, 3.05) is 32.8 Å². The van der Waals surface area contributed by atoms with Crippen LogP contribution in [0.1, 0.15) is 24.8 Å². The maximum Gasteiger partial charge on any atom is 0.410 e. The van der Waals surface area contributed by atoms with Gasteiger partial charge in [0, 0.05) is 13.1 Å². The topological polar surface area (TPSA) is 49.9 Å². The van der Waals surface area contributed by atoms with Crippen LogP contribution in [0, 0.1) is 11.7 Å². The number of rotatable bonds is 5. The Labute approximate surface area is 141 Å². The zero-order valence-corrected chi connectivity index (χ0v) is 13.7. The van der Waals surface area contributed by atoms with E-state index in [1.165, 1.54) is 11.0 Å². The Kier molecular flexibility index (Phi) is 5.33. The van der Waals surface area contributed by atoms with Crippen LogP contribution in [-0.2, 0) is 16.0 Å². The number of ether oxygens (including phenoxy) is 1. The number of piperidine rings is 1. The van der Waals surface area contributed by atoms with Crippen molar-refractivity contribution in [1.29, 1.82) is 0 Å². The molecule has 0 bridgehead atoms. The SMILES string of the molecule is O=C(CN1CCOC1=O)N1CCC[C@H](CCc2ccccc2F)C1. The molecule has 2 aliphatic rings. The van der Waals surface area contributed by atoms with Crippen molar-refractivity contribution >= 4 is 12.0 Å². The second kappa shape index (κ2) is 7.64. The number of carbonyl (C=O) groups is 2. The number of nitrogens with zero attached hydrogens (tertiary/aromatic N) is 2. The summed E-state index contributed by atoms with van der Waals surface area (Å²) in [6.45, 7) is 2.36. The van der Waals surface area contributed by atoms with Gasteiger partial charge in [0.15, 0.2) is 0 Å². The van der Waals surface area contributed by atoms with Gasteiger partial charge in [0.2, 0.25) is 5.91 Å². The van der Waals surface area contributed by atoms with E-state index in [1.54, 1.807) is 6.07 Å². The predicted octanol–water partition coefficient (Wildman–Crippen LogP) is 2.45. The Morgan fingerprint density at radius 2 is 2.12 bits per heavy atom. The van der Waals surface area contributed by atoms with E-state index in [0.29, 0.717) is 32.0 Å². The van der Waals surface area contributed by atoms with Gasteiger partial charge in [0.25, 0.3) is 0 Å². The molecule has 6 heteroatoms. The number of halogens is 1. The summed E-state index contributed by atoms with van der Waals surface area (Å²) in [4.78, 5) is 27.1. The molecular formula is C18H23FN2O3. The van der Waals surface area contributed by atoms with Crippen LogP contribution >= 0.6 is 0 Å². The summed E-state index contributed by atoms with van der Waals surface area (Å²) in [5.74, 6) is 0.200. The monoisotopic (exact) mass is 334 g/mol. The number of benzene rings is 1. The third-order valence-corrected chi connectivity index (χ3v) is 4.82. The van der Waals surface area contributed by atoms with Gasteiger partial charge in [0.1, 0.15) is 19.0 Å². The average Bonchev–Trinajstić information content (AvgIpc) is 2.99. The molecule has 130 valence electrons. The molecule has 2 heterocycles. The van der Waals surface area contributed by atoms with E-state index in [2.05, 4.69) is 0 Å². The minimum Gasteiger partial charge on any atom is -0.448 e. The van der Waals surface area contributed by atoms with Gasteiger partial charge in [-0.1, -0.05) is 18.2 Å². The maximum absolute atomic E-state index is 13.7. The minimum absolute atomic E-state index is 0.0237. The molecule has 0 radical (unpaired) electrons. The number of cyclic esters (lactones) is 1. The summed E-state index contributed by atoms with van der Waals surface area (Å²) in [6.07, 6.45) is 3.17. The fourth-order valence-electron chi connectivity index (χ4n) is 3.42. The Balaban J connectivity index is 1.49. The van der Waals surface area contributed by atoms with Crippen LogP contribution in [0.25, 0.3) is 0 Å². The van der Waals surface area contributed by atoms with E-state index >= 15 is 0 Å². The summed E-state index contributed by atoms with van der Waals surface area (Å²) in [6, 6.07) is 6.86. The number of amides is 2. The molecule has 0 unspecified atom stereocenters. The van der Waals surface area contributed by atoms with Crippen molar-refractivity contribution in [3.05, 3.63) is 35.6 Å². The molecule has 1 aromatic rings. The van der Waals surface area contributed by atoms with Gasteiger partial charge in [-0.05, 0) is 43.2 Å². The van der Waals surface area contributed by atoms with Crippen molar-refractivity contribution in [3.8, 4) is 0 Å². The molecular weight excluding hydrogens is 311 g/mol.